The first kappa shape index (κ1) is 14.0. The highest BCUT2D eigenvalue weighted by atomic mass is 32.1. The lowest BCUT2D eigenvalue weighted by atomic mass is 10.3. The molecule has 0 aliphatic rings. The van der Waals surface area contributed by atoms with E-state index in [4.69, 9.17) is 0 Å². The van der Waals surface area contributed by atoms with E-state index in [1.165, 1.54) is 22.2 Å². The first-order chi connectivity index (χ1) is 10.1. The Kier molecular flexibility index (Phi) is 3.60. The highest BCUT2D eigenvalue weighted by molar-refractivity contribution is 7.18. The zero-order valence-electron chi connectivity index (χ0n) is 11.9. The summed E-state index contributed by atoms with van der Waals surface area (Å²) in [6.45, 7) is 2.19. The molecule has 0 saturated heterocycles. The van der Waals surface area contributed by atoms with Crippen LogP contribution in [0.5, 0.6) is 0 Å². The van der Waals surface area contributed by atoms with E-state index in [2.05, 4.69) is 9.97 Å². The van der Waals surface area contributed by atoms with Crippen LogP contribution in [-0.4, -0.2) is 24.2 Å². The van der Waals surface area contributed by atoms with E-state index in [-0.39, 0.29) is 12.1 Å². The molecule has 110 valence electrons. The van der Waals surface area contributed by atoms with Gasteiger partial charge in [0.1, 0.15) is 16.8 Å². The Bertz CT molecular complexity index is 833. The van der Waals surface area contributed by atoms with Crippen molar-refractivity contribution in [1.82, 2.24) is 19.1 Å². The molecule has 1 N–H and O–H groups in total. The molecule has 0 amide bonds. The third kappa shape index (κ3) is 2.50. The Morgan fingerprint density at radius 2 is 2.24 bits per heavy atom. The molecule has 0 aliphatic heterocycles. The third-order valence-electron chi connectivity index (χ3n) is 3.44. The molecule has 3 heterocycles. The smallest absolute Gasteiger partial charge is 0.262 e. The molecule has 0 spiro atoms. The van der Waals surface area contributed by atoms with Crippen LogP contribution in [0.1, 0.15) is 23.7 Å². The van der Waals surface area contributed by atoms with Crippen molar-refractivity contribution in [3.63, 3.8) is 0 Å². The minimum absolute atomic E-state index is 0.121. The van der Waals surface area contributed by atoms with Crippen LogP contribution in [0, 0.1) is 0 Å². The Hall–Kier alpha value is -1.99. The summed E-state index contributed by atoms with van der Waals surface area (Å²) in [5, 5.41) is 10.8. The van der Waals surface area contributed by atoms with E-state index in [9.17, 15) is 9.90 Å². The van der Waals surface area contributed by atoms with Crippen LogP contribution in [0.4, 0.5) is 0 Å². The summed E-state index contributed by atoms with van der Waals surface area (Å²) in [4.78, 5) is 22.7. The van der Waals surface area contributed by atoms with Crippen molar-refractivity contribution in [2.24, 2.45) is 7.05 Å². The molecule has 0 bridgehead atoms. The average Bonchev–Trinajstić information content (AvgIpc) is 3.08. The Balaban J connectivity index is 1.96. The number of nitrogens with zero attached hydrogens (tertiary/aromatic N) is 4. The fourth-order valence-corrected chi connectivity index (χ4v) is 3.21. The molecular formula is C14H16N4O2S. The molecule has 0 aliphatic carbocycles. The average molecular weight is 304 g/mol. The van der Waals surface area contributed by atoms with Gasteiger partial charge in [0.05, 0.1) is 18.3 Å². The fourth-order valence-electron chi connectivity index (χ4n) is 2.28. The van der Waals surface area contributed by atoms with Crippen molar-refractivity contribution in [3.8, 4) is 0 Å². The molecule has 0 aromatic carbocycles. The highest BCUT2D eigenvalue weighted by Gasteiger charge is 2.15. The van der Waals surface area contributed by atoms with Gasteiger partial charge < -0.3 is 9.67 Å². The summed E-state index contributed by atoms with van der Waals surface area (Å²) < 4.78 is 3.18. The molecule has 0 fully saturated rings. The topological polar surface area (TPSA) is 72.9 Å². The normalized spacial score (nSPS) is 12.9. The van der Waals surface area contributed by atoms with E-state index in [1.54, 1.807) is 17.0 Å². The predicted octanol–water partition coefficient (Wildman–Crippen LogP) is 1.49. The number of hydrogen-bond acceptors (Lipinski definition) is 5. The van der Waals surface area contributed by atoms with E-state index in [0.717, 1.165) is 16.1 Å². The lowest BCUT2D eigenvalue weighted by Crippen LogP contribution is -2.24. The monoisotopic (exact) mass is 304 g/mol. The van der Waals surface area contributed by atoms with Crippen LogP contribution in [0.15, 0.2) is 29.6 Å². The van der Waals surface area contributed by atoms with Crippen LogP contribution in [0.25, 0.3) is 10.2 Å². The maximum absolute atomic E-state index is 12.4. The number of aromatic nitrogens is 4. The zero-order valence-corrected chi connectivity index (χ0v) is 12.7. The Morgan fingerprint density at radius 1 is 1.43 bits per heavy atom. The third-order valence-corrected chi connectivity index (χ3v) is 4.63. The first-order valence-corrected chi connectivity index (χ1v) is 7.55. The first-order valence-electron chi connectivity index (χ1n) is 6.73. The largest absolute Gasteiger partial charge is 0.383 e. The lowest BCUT2D eigenvalue weighted by molar-refractivity contribution is 0.142. The molecule has 0 radical (unpaired) electrons. The van der Waals surface area contributed by atoms with Gasteiger partial charge in [-0.3, -0.25) is 9.36 Å². The molecule has 0 saturated carbocycles. The molecule has 3 aromatic rings. The SMILES string of the molecule is CCc1cc2c(=O)n(CC(O)c3nccn3C)cnc2s1. The molecule has 1 unspecified atom stereocenters. The minimum Gasteiger partial charge on any atom is -0.383 e. The molecule has 21 heavy (non-hydrogen) atoms. The zero-order chi connectivity index (χ0) is 15.0. The van der Waals surface area contributed by atoms with Crippen molar-refractivity contribution in [2.45, 2.75) is 26.0 Å². The summed E-state index contributed by atoms with van der Waals surface area (Å²) in [6.07, 6.45) is 4.92. The second kappa shape index (κ2) is 5.42. The van der Waals surface area contributed by atoms with Crippen LogP contribution >= 0.6 is 11.3 Å². The van der Waals surface area contributed by atoms with Crippen molar-refractivity contribution < 1.29 is 5.11 Å². The number of aliphatic hydroxyl groups is 1. The van der Waals surface area contributed by atoms with Gasteiger partial charge >= 0.3 is 0 Å². The second-order valence-corrected chi connectivity index (χ2v) is 6.01. The van der Waals surface area contributed by atoms with E-state index >= 15 is 0 Å². The molecule has 7 heteroatoms. The molecule has 3 aromatic heterocycles. The second-order valence-electron chi connectivity index (χ2n) is 4.90. The molecule has 6 nitrogen and oxygen atoms in total. The standard InChI is InChI=1S/C14H16N4O2S/c1-3-9-6-10-13(21-9)16-8-18(14(10)20)7-11(19)12-15-4-5-17(12)2/h4-6,8,11,19H,3,7H2,1-2H3. The number of rotatable bonds is 4. The number of aliphatic hydroxyl groups excluding tert-OH is 1. The summed E-state index contributed by atoms with van der Waals surface area (Å²) in [7, 11) is 1.81. The van der Waals surface area contributed by atoms with Gasteiger partial charge in [0.15, 0.2) is 0 Å². The van der Waals surface area contributed by atoms with Crippen molar-refractivity contribution in [2.75, 3.05) is 0 Å². The highest BCUT2D eigenvalue weighted by Crippen LogP contribution is 2.21. The number of fused-ring (bicyclic) bond motifs is 1. The summed E-state index contributed by atoms with van der Waals surface area (Å²) in [6, 6.07) is 1.89. The van der Waals surface area contributed by atoms with Gasteiger partial charge in [-0.25, -0.2) is 9.97 Å². The van der Waals surface area contributed by atoms with Crippen LogP contribution in [-0.2, 0) is 20.0 Å². The van der Waals surface area contributed by atoms with Crippen LogP contribution < -0.4 is 5.56 Å². The van der Waals surface area contributed by atoms with E-state index in [1.807, 2.05) is 20.0 Å². The fraction of sp³-hybridized carbons (Fsp3) is 0.357. The van der Waals surface area contributed by atoms with Gasteiger partial charge in [0.2, 0.25) is 0 Å². The van der Waals surface area contributed by atoms with Gasteiger partial charge in [0.25, 0.3) is 5.56 Å². The van der Waals surface area contributed by atoms with Crippen LogP contribution in [0.2, 0.25) is 0 Å². The number of thiophene rings is 1. The van der Waals surface area contributed by atoms with Gasteiger partial charge in [-0.05, 0) is 12.5 Å². The molecular weight excluding hydrogens is 288 g/mol. The van der Waals surface area contributed by atoms with Gasteiger partial charge in [-0.15, -0.1) is 11.3 Å². The minimum atomic E-state index is -0.841. The number of imidazole rings is 1. The van der Waals surface area contributed by atoms with Gasteiger partial charge in [-0.2, -0.15) is 0 Å². The van der Waals surface area contributed by atoms with Gasteiger partial charge in [0, 0.05) is 24.3 Å². The number of aryl methyl sites for hydroxylation is 2. The summed E-state index contributed by atoms with van der Waals surface area (Å²) in [5.41, 5.74) is -0.121. The van der Waals surface area contributed by atoms with Gasteiger partial charge in [-0.1, -0.05) is 6.92 Å². The molecule has 1 atom stereocenters. The van der Waals surface area contributed by atoms with Crippen molar-refractivity contribution in [3.05, 3.63) is 45.8 Å². The maximum atomic E-state index is 12.4. The van der Waals surface area contributed by atoms with Crippen molar-refractivity contribution in [1.29, 1.82) is 0 Å². The Morgan fingerprint density at radius 3 is 2.90 bits per heavy atom. The molecule has 3 rings (SSSR count). The Labute approximate surface area is 125 Å². The van der Waals surface area contributed by atoms with Crippen molar-refractivity contribution >= 4 is 21.6 Å². The van der Waals surface area contributed by atoms with E-state index < -0.39 is 6.10 Å². The predicted molar refractivity (Wildman–Crippen MR) is 81.4 cm³/mol. The van der Waals surface area contributed by atoms with Crippen LogP contribution in [0.3, 0.4) is 0 Å². The maximum Gasteiger partial charge on any atom is 0.262 e. The van der Waals surface area contributed by atoms with E-state index in [0.29, 0.717) is 11.2 Å². The number of hydrogen-bond donors (Lipinski definition) is 1. The quantitative estimate of drug-likeness (QED) is 0.792. The summed E-state index contributed by atoms with van der Waals surface area (Å²) in [5.74, 6) is 0.529. The lowest BCUT2D eigenvalue weighted by Gasteiger charge is -2.12. The summed E-state index contributed by atoms with van der Waals surface area (Å²) >= 11 is 1.54.